The summed E-state index contributed by atoms with van der Waals surface area (Å²) in [6, 6.07) is 15.2. The predicted molar refractivity (Wildman–Crippen MR) is 131 cm³/mol. The zero-order valence-electron chi connectivity index (χ0n) is 19.8. The number of carbonyl (C=O) groups is 2. The highest BCUT2D eigenvalue weighted by molar-refractivity contribution is 5.93. The van der Waals surface area contributed by atoms with E-state index in [4.69, 9.17) is 8.83 Å². The second-order valence-corrected chi connectivity index (χ2v) is 9.92. The van der Waals surface area contributed by atoms with Gasteiger partial charge in [-0.05, 0) is 73.2 Å². The standard InChI is InChI=1S/C28H32N2O4/c1-17-15-23(17)25-11-7-21(33-25)9-13-27(31)29-19-3-5-20(6-4-19)30-28(32)14-10-22-8-12-26(34-22)24-16-18(24)2/h3-8,11-12,17-18,23-24H,9-10,13-16H2,1-2H3,(H,29,31)(H,30,32)/t17-,18-,23+,24+/m1/s1. The third kappa shape index (κ3) is 5.61. The molecule has 0 spiro atoms. The molecule has 2 aliphatic carbocycles. The molecule has 2 fully saturated rings. The molecule has 34 heavy (non-hydrogen) atoms. The van der Waals surface area contributed by atoms with E-state index in [1.165, 1.54) is 12.8 Å². The van der Waals surface area contributed by atoms with Gasteiger partial charge in [0.15, 0.2) is 0 Å². The molecular formula is C28H32N2O4. The number of amides is 2. The zero-order valence-corrected chi connectivity index (χ0v) is 19.8. The Morgan fingerprint density at radius 3 is 1.44 bits per heavy atom. The molecule has 2 saturated carbocycles. The number of hydrogen-bond donors (Lipinski definition) is 2. The molecule has 6 nitrogen and oxygen atoms in total. The van der Waals surface area contributed by atoms with Gasteiger partial charge in [0.2, 0.25) is 11.8 Å². The predicted octanol–water partition coefficient (Wildman–Crippen LogP) is 6.26. The number of rotatable bonds is 10. The van der Waals surface area contributed by atoms with E-state index in [-0.39, 0.29) is 11.8 Å². The Balaban J connectivity index is 1.03. The van der Waals surface area contributed by atoms with Crippen molar-refractivity contribution in [1.82, 2.24) is 0 Å². The highest BCUT2D eigenvalue weighted by Crippen LogP contribution is 2.48. The van der Waals surface area contributed by atoms with Gasteiger partial charge in [-0.2, -0.15) is 0 Å². The van der Waals surface area contributed by atoms with Crippen molar-refractivity contribution in [2.45, 2.75) is 64.2 Å². The molecule has 2 aliphatic rings. The van der Waals surface area contributed by atoms with Gasteiger partial charge in [0.05, 0.1) is 0 Å². The van der Waals surface area contributed by atoms with Crippen LogP contribution in [0.4, 0.5) is 11.4 Å². The number of anilines is 2. The molecule has 2 amide bonds. The monoisotopic (exact) mass is 460 g/mol. The molecule has 0 unspecified atom stereocenters. The van der Waals surface area contributed by atoms with Crippen molar-refractivity contribution in [3.63, 3.8) is 0 Å². The van der Waals surface area contributed by atoms with Crippen LogP contribution in [-0.4, -0.2) is 11.8 Å². The van der Waals surface area contributed by atoms with Crippen molar-refractivity contribution in [3.8, 4) is 0 Å². The van der Waals surface area contributed by atoms with Gasteiger partial charge in [-0.1, -0.05) is 13.8 Å². The lowest BCUT2D eigenvalue weighted by molar-refractivity contribution is -0.117. The lowest BCUT2D eigenvalue weighted by atomic mass is 10.2. The van der Waals surface area contributed by atoms with E-state index >= 15 is 0 Å². The molecule has 0 radical (unpaired) electrons. The molecule has 0 bridgehead atoms. The smallest absolute Gasteiger partial charge is 0.224 e. The molecule has 2 heterocycles. The minimum atomic E-state index is -0.0621. The van der Waals surface area contributed by atoms with Crippen molar-refractivity contribution >= 4 is 23.2 Å². The van der Waals surface area contributed by atoms with Crippen LogP contribution in [-0.2, 0) is 22.4 Å². The van der Waals surface area contributed by atoms with Crippen LogP contribution in [0.1, 0.15) is 74.4 Å². The van der Waals surface area contributed by atoms with Crippen LogP contribution in [0.5, 0.6) is 0 Å². The molecule has 2 N–H and O–H groups in total. The minimum absolute atomic E-state index is 0.0621. The number of aryl methyl sites for hydroxylation is 2. The van der Waals surface area contributed by atoms with Crippen LogP contribution in [0.3, 0.4) is 0 Å². The second-order valence-electron chi connectivity index (χ2n) is 9.92. The summed E-state index contributed by atoms with van der Waals surface area (Å²) in [5, 5.41) is 5.80. The van der Waals surface area contributed by atoms with Crippen molar-refractivity contribution in [3.05, 3.63) is 71.6 Å². The molecule has 2 aromatic heterocycles. The lowest BCUT2D eigenvalue weighted by Crippen LogP contribution is -2.13. The molecule has 1 aromatic carbocycles. The van der Waals surface area contributed by atoms with Gasteiger partial charge >= 0.3 is 0 Å². The van der Waals surface area contributed by atoms with Gasteiger partial charge in [0.25, 0.3) is 0 Å². The van der Waals surface area contributed by atoms with E-state index in [1.807, 2.05) is 24.3 Å². The summed E-state index contributed by atoms with van der Waals surface area (Å²) in [6.07, 6.45) is 4.26. The van der Waals surface area contributed by atoms with Crippen LogP contribution in [0.15, 0.2) is 57.4 Å². The van der Waals surface area contributed by atoms with Crippen molar-refractivity contribution in [2.75, 3.05) is 10.6 Å². The molecule has 178 valence electrons. The van der Waals surface area contributed by atoms with Gasteiger partial charge in [-0.3, -0.25) is 9.59 Å². The van der Waals surface area contributed by atoms with E-state index in [9.17, 15) is 9.59 Å². The van der Waals surface area contributed by atoms with E-state index in [2.05, 4.69) is 24.5 Å². The summed E-state index contributed by atoms with van der Waals surface area (Å²) in [5.41, 5.74) is 1.40. The van der Waals surface area contributed by atoms with Crippen LogP contribution in [0.25, 0.3) is 0 Å². The summed E-state index contributed by atoms with van der Waals surface area (Å²) in [4.78, 5) is 24.6. The normalized spacial score (nSPS) is 22.9. The molecule has 3 aromatic rings. The summed E-state index contributed by atoms with van der Waals surface area (Å²) < 4.78 is 11.7. The van der Waals surface area contributed by atoms with Gasteiger partial charge < -0.3 is 19.5 Å². The van der Waals surface area contributed by atoms with Crippen molar-refractivity contribution in [2.24, 2.45) is 11.8 Å². The number of carbonyl (C=O) groups excluding carboxylic acids is 2. The molecule has 0 aliphatic heterocycles. The quantitative estimate of drug-likeness (QED) is 0.374. The number of nitrogens with one attached hydrogen (secondary N) is 2. The van der Waals surface area contributed by atoms with Crippen molar-refractivity contribution in [1.29, 1.82) is 0 Å². The summed E-state index contributed by atoms with van der Waals surface area (Å²) >= 11 is 0. The third-order valence-corrected chi connectivity index (χ3v) is 6.96. The first-order chi connectivity index (χ1) is 16.4. The molecule has 5 rings (SSSR count). The first kappa shape index (κ1) is 22.5. The first-order valence-electron chi connectivity index (χ1n) is 12.3. The van der Waals surface area contributed by atoms with E-state index in [0.717, 1.165) is 23.0 Å². The van der Waals surface area contributed by atoms with Crippen LogP contribution in [0.2, 0.25) is 0 Å². The highest BCUT2D eigenvalue weighted by atomic mass is 16.3. The average molecular weight is 461 g/mol. The average Bonchev–Trinajstić information content (AvgIpc) is 3.58. The number of benzene rings is 1. The van der Waals surface area contributed by atoms with Crippen LogP contribution in [0, 0.1) is 11.8 Å². The van der Waals surface area contributed by atoms with E-state index in [1.54, 1.807) is 24.3 Å². The molecule has 0 saturated heterocycles. The lowest BCUT2D eigenvalue weighted by Gasteiger charge is -2.08. The van der Waals surface area contributed by atoms with Crippen LogP contribution < -0.4 is 10.6 Å². The number of hydrogen-bond acceptors (Lipinski definition) is 4. The maximum atomic E-state index is 12.3. The topological polar surface area (TPSA) is 84.5 Å². The fourth-order valence-electron chi connectivity index (χ4n) is 4.45. The fraction of sp³-hybridized carbons (Fsp3) is 0.429. The summed E-state index contributed by atoms with van der Waals surface area (Å²) in [6.45, 7) is 4.45. The molecule has 4 atom stereocenters. The maximum absolute atomic E-state index is 12.3. The Morgan fingerprint density at radius 1 is 0.706 bits per heavy atom. The Labute approximate surface area is 200 Å². The molecular weight excluding hydrogens is 428 g/mol. The summed E-state index contributed by atoms with van der Waals surface area (Å²) in [7, 11) is 0. The van der Waals surface area contributed by atoms with Gasteiger partial charge in [-0.15, -0.1) is 0 Å². The van der Waals surface area contributed by atoms with Gasteiger partial charge in [-0.25, -0.2) is 0 Å². The Bertz CT molecular complexity index is 1070. The third-order valence-electron chi connectivity index (χ3n) is 6.96. The van der Waals surface area contributed by atoms with Gasteiger partial charge in [0.1, 0.15) is 23.0 Å². The number of furan rings is 2. The Kier molecular flexibility index (Phi) is 6.31. The zero-order chi connectivity index (χ0) is 23.7. The highest BCUT2D eigenvalue weighted by Gasteiger charge is 2.37. The molecule has 6 heteroatoms. The maximum Gasteiger partial charge on any atom is 0.224 e. The van der Waals surface area contributed by atoms with E-state index < -0.39 is 0 Å². The summed E-state index contributed by atoms with van der Waals surface area (Å²) in [5.74, 6) is 6.19. The first-order valence-corrected chi connectivity index (χ1v) is 12.3. The Hall–Kier alpha value is -3.28. The minimum Gasteiger partial charge on any atom is -0.466 e. The Morgan fingerprint density at radius 2 is 1.09 bits per heavy atom. The second kappa shape index (κ2) is 9.53. The van der Waals surface area contributed by atoms with Crippen LogP contribution >= 0.6 is 0 Å². The largest absolute Gasteiger partial charge is 0.466 e. The fourth-order valence-corrected chi connectivity index (χ4v) is 4.45. The SMILES string of the molecule is C[C@@H]1C[C@@H]1c1ccc(CCC(=O)Nc2ccc(NC(=O)CCc3ccc([C@H]4C[C@H]4C)o3)cc2)o1. The van der Waals surface area contributed by atoms with Gasteiger partial charge in [0, 0.05) is 48.9 Å². The van der Waals surface area contributed by atoms with Crippen molar-refractivity contribution < 1.29 is 18.4 Å². The van der Waals surface area contributed by atoms with E-state index in [0.29, 0.717) is 60.7 Å².